The van der Waals surface area contributed by atoms with Gasteiger partial charge in [0.1, 0.15) is 0 Å². The van der Waals surface area contributed by atoms with Crippen molar-refractivity contribution in [1.82, 2.24) is 0 Å². The van der Waals surface area contributed by atoms with E-state index in [-0.39, 0.29) is 0 Å². The van der Waals surface area contributed by atoms with E-state index in [1.165, 1.54) is 0 Å². The van der Waals surface area contributed by atoms with Crippen LogP contribution in [0.25, 0.3) is 0 Å². The normalized spacial score (nSPS) is 11.1. The minimum atomic E-state index is 0.501. The first-order chi connectivity index (χ1) is 8.52. The highest BCUT2D eigenvalue weighted by Crippen LogP contribution is 2.28. The summed E-state index contributed by atoms with van der Waals surface area (Å²) in [5.74, 6) is 0. The molecule has 0 saturated carbocycles. The Morgan fingerprint density at radius 3 is 1.06 bits per heavy atom. The Balaban J connectivity index is 2.29. The average Bonchev–Trinajstić information content (AvgIpc) is 2.23. The molecule has 0 aliphatic rings. The fourth-order valence-electron chi connectivity index (χ4n) is 1.31. The second-order valence-electron chi connectivity index (χ2n) is 3.46. The fraction of sp³-hybridized carbons (Fsp3) is 0. The van der Waals surface area contributed by atoms with Crippen LogP contribution in [0.1, 0.15) is 0 Å². The number of rotatable bonds is 2. The standard InChI is InChI=1S/C12H6Cl4N2/c13-7-1-8(14)4-11(3-7)17-18-12-5-9(15)2-10(16)6-12/h1-6H/b18-17+. The van der Waals surface area contributed by atoms with Gasteiger partial charge in [0.15, 0.2) is 0 Å². The minimum Gasteiger partial charge on any atom is -0.150 e. The lowest BCUT2D eigenvalue weighted by Crippen LogP contribution is -1.69. The van der Waals surface area contributed by atoms with E-state index in [1.807, 2.05) is 0 Å². The predicted molar refractivity (Wildman–Crippen MR) is 77.1 cm³/mol. The number of nitrogens with zero attached hydrogens (tertiary/aromatic N) is 2. The van der Waals surface area contributed by atoms with Crippen molar-refractivity contribution in [3.63, 3.8) is 0 Å². The van der Waals surface area contributed by atoms with Crippen molar-refractivity contribution in [2.24, 2.45) is 10.2 Å². The van der Waals surface area contributed by atoms with Crippen molar-refractivity contribution < 1.29 is 0 Å². The average molecular weight is 320 g/mol. The lowest BCUT2D eigenvalue weighted by molar-refractivity contribution is 1.23. The number of hydrogen-bond donors (Lipinski definition) is 0. The lowest BCUT2D eigenvalue weighted by atomic mass is 10.3. The van der Waals surface area contributed by atoms with Gasteiger partial charge in [-0.3, -0.25) is 0 Å². The molecular formula is C12H6Cl4N2. The maximum absolute atomic E-state index is 5.85. The molecule has 92 valence electrons. The van der Waals surface area contributed by atoms with Gasteiger partial charge in [-0.2, -0.15) is 10.2 Å². The van der Waals surface area contributed by atoms with Gasteiger partial charge in [-0.15, -0.1) is 0 Å². The number of hydrogen-bond acceptors (Lipinski definition) is 2. The Morgan fingerprint density at radius 2 is 0.778 bits per heavy atom. The van der Waals surface area contributed by atoms with Crippen LogP contribution in [0.2, 0.25) is 20.1 Å². The van der Waals surface area contributed by atoms with Crippen LogP contribution in [-0.2, 0) is 0 Å². The molecule has 0 unspecified atom stereocenters. The molecule has 0 amide bonds. The van der Waals surface area contributed by atoms with Crippen LogP contribution in [0.3, 0.4) is 0 Å². The summed E-state index contributed by atoms with van der Waals surface area (Å²) in [7, 11) is 0. The summed E-state index contributed by atoms with van der Waals surface area (Å²) < 4.78 is 0. The van der Waals surface area contributed by atoms with E-state index in [1.54, 1.807) is 36.4 Å². The SMILES string of the molecule is Clc1cc(Cl)cc(/N=N/c2cc(Cl)cc(Cl)c2)c1. The summed E-state index contributed by atoms with van der Waals surface area (Å²) in [5, 5.41) is 10.0. The van der Waals surface area contributed by atoms with Gasteiger partial charge in [0.05, 0.1) is 11.4 Å². The second kappa shape index (κ2) is 5.89. The topological polar surface area (TPSA) is 24.7 Å². The van der Waals surface area contributed by atoms with Gasteiger partial charge in [0.25, 0.3) is 0 Å². The van der Waals surface area contributed by atoms with Crippen LogP contribution in [0.4, 0.5) is 11.4 Å². The Bertz CT molecular complexity index is 517. The maximum Gasteiger partial charge on any atom is 0.0886 e. The van der Waals surface area contributed by atoms with Crippen molar-refractivity contribution >= 4 is 57.8 Å². The molecule has 0 spiro atoms. The van der Waals surface area contributed by atoms with Gasteiger partial charge in [-0.1, -0.05) is 46.4 Å². The van der Waals surface area contributed by atoms with Crippen molar-refractivity contribution in [2.45, 2.75) is 0 Å². The van der Waals surface area contributed by atoms with E-state index in [0.29, 0.717) is 31.5 Å². The molecule has 0 fully saturated rings. The molecule has 0 aliphatic heterocycles. The molecule has 2 nitrogen and oxygen atoms in total. The maximum atomic E-state index is 5.85. The molecular weight excluding hydrogens is 314 g/mol. The van der Waals surface area contributed by atoms with Crippen LogP contribution >= 0.6 is 46.4 Å². The molecule has 0 aliphatic carbocycles. The Kier molecular flexibility index (Phi) is 4.46. The van der Waals surface area contributed by atoms with Gasteiger partial charge in [-0.25, -0.2) is 0 Å². The van der Waals surface area contributed by atoms with Crippen LogP contribution in [0.5, 0.6) is 0 Å². The first-order valence-corrected chi connectivity index (χ1v) is 6.38. The number of azo groups is 1. The molecule has 2 rings (SSSR count). The zero-order chi connectivity index (χ0) is 13.1. The zero-order valence-corrected chi connectivity index (χ0v) is 11.9. The van der Waals surface area contributed by atoms with E-state index in [0.717, 1.165) is 0 Å². The smallest absolute Gasteiger partial charge is 0.0886 e. The van der Waals surface area contributed by atoms with E-state index in [4.69, 9.17) is 46.4 Å². The van der Waals surface area contributed by atoms with Gasteiger partial charge in [0.2, 0.25) is 0 Å². The Hall–Kier alpha value is -0.800. The minimum absolute atomic E-state index is 0.501. The van der Waals surface area contributed by atoms with Gasteiger partial charge in [0, 0.05) is 20.1 Å². The van der Waals surface area contributed by atoms with Crippen molar-refractivity contribution in [1.29, 1.82) is 0 Å². The molecule has 0 heterocycles. The molecule has 0 bridgehead atoms. The molecule has 0 saturated heterocycles. The highest BCUT2D eigenvalue weighted by molar-refractivity contribution is 6.35. The zero-order valence-electron chi connectivity index (χ0n) is 8.87. The van der Waals surface area contributed by atoms with E-state index < -0.39 is 0 Å². The molecule has 0 atom stereocenters. The predicted octanol–water partition coefficient (Wildman–Crippen LogP) is 6.72. The first-order valence-electron chi connectivity index (χ1n) is 4.87. The molecule has 0 radical (unpaired) electrons. The van der Waals surface area contributed by atoms with Crippen molar-refractivity contribution in [3.05, 3.63) is 56.5 Å². The summed E-state index contributed by atoms with van der Waals surface area (Å²) in [6, 6.07) is 9.87. The van der Waals surface area contributed by atoms with Crippen LogP contribution in [0, 0.1) is 0 Å². The lowest BCUT2D eigenvalue weighted by Gasteiger charge is -1.98. The summed E-state index contributed by atoms with van der Waals surface area (Å²) in [4.78, 5) is 0. The van der Waals surface area contributed by atoms with E-state index in [2.05, 4.69) is 10.2 Å². The Labute approximate surface area is 124 Å². The third-order valence-corrected chi connectivity index (χ3v) is 2.85. The third-order valence-electron chi connectivity index (χ3n) is 1.98. The molecule has 2 aromatic rings. The second-order valence-corrected chi connectivity index (χ2v) is 5.20. The molecule has 2 aromatic carbocycles. The summed E-state index contributed by atoms with van der Waals surface area (Å²) in [5.41, 5.74) is 1.12. The van der Waals surface area contributed by atoms with Crippen LogP contribution in [0.15, 0.2) is 46.6 Å². The Morgan fingerprint density at radius 1 is 0.500 bits per heavy atom. The highest BCUT2D eigenvalue weighted by atomic mass is 35.5. The van der Waals surface area contributed by atoms with E-state index >= 15 is 0 Å². The fourth-order valence-corrected chi connectivity index (χ4v) is 2.34. The number of benzene rings is 2. The summed E-state index contributed by atoms with van der Waals surface area (Å²) in [6.07, 6.45) is 0. The molecule has 18 heavy (non-hydrogen) atoms. The molecule has 0 aromatic heterocycles. The largest absolute Gasteiger partial charge is 0.150 e. The van der Waals surface area contributed by atoms with Crippen molar-refractivity contribution in [2.75, 3.05) is 0 Å². The van der Waals surface area contributed by atoms with Gasteiger partial charge < -0.3 is 0 Å². The third kappa shape index (κ3) is 3.85. The molecule has 0 N–H and O–H groups in total. The van der Waals surface area contributed by atoms with Gasteiger partial charge in [-0.05, 0) is 36.4 Å². The monoisotopic (exact) mass is 318 g/mol. The summed E-state index contributed by atoms with van der Waals surface area (Å²) >= 11 is 23.4. The molecule has 6 heteroatoms. The van der Waals surface area contributed by atoms with Gasteiger partial charge >= 0.3 is 0 Å². The summed E-state index contributed by atoms with van der Waals surface area (Å²) in [6.45, 7) is 0. The number of halogens is 4. The van der Waals surface area contributed by atoms with E-state index in [9.17, 15) is 0 Å². The van der Waals surface area contributed by atoms with Crippen LogP contribution in [-0.4, -0.2) is 0 Å². The van der Waals surface area contributed by atoms with Crippen LogP contribution < -0.4 is 0 Å². The highest BCUT2D eigenvalue weighted by Gasteiger charge is 1.99. The van der Waals surface area contributed by atoms with Crippen molar-refractivity contribution in [3.8, 4) is 0 Å². The first kappa shape index (κ1) is 13.6. The quantitative estimate of drug-likeness (QED) is 0.549.